The number of carbonyl (C=O) groups is 3. The lowest BCUT2D eigenvalue weighted by atomic mass is 9.87. The zero-order valence-electron chi connectivity index (χ0n) is 27.0. The molecule has 3 aliphatic rings. The number of nitrogens with one attached hydrogen (secondary N) is 1. The molecule has 2 saturated heterocycles. The molecule has 264 valence electrons. The molecule has 3 heterocycles. The molecule has 14 heteroatoms. The standard InChI is InChI=1S/C35H40ClF3N4O6/c36-28-19-23(7-12-29(28)40-32(45)27-21-48-30-6-2-1-5-26(27)30)20-31(44)35(42-13-3-4-14-42,49-25-10-8-24(9-11-25)33(46)47)43-17-15-41(16-18-43)22-34(37,38)39/h1-2,5-7,12,19,21,24-25H,3-4,8-11,13-18,20,22H2,(H,40,45)(H,46,47)/t24-,25-,35?. The Bertz CT molecular complexity index is 1660. The number of fused-ring (bicyclic) bond motifs is 1. The van der Waals surface area contributed by atoms with Crippen LogP contribution in [-0.2, 0) is 20.7 Å². The van der Waals surface area contributed by atoms with Crippen LogP contribution in [0.2, 0.25) is 5.02 Å². The number of halogens is 4. The SMILES string of the molecule is O=C(Nc1ccc(CC(=O)C(O[C@H]2CC[C@H](C(=O)O)CC2)(N2CCCC2)N2CCN(CC(F)(F)F)CC2)cc1Cl)c1coc2ccccc12. The molecule has 2 aliphatic heterocycles. The summed E-state index contributed by atoms with van der Waals surface area (Å²) in [5, 5.41) is 13.2. The van der Waals surface area contributed by atoms with E-state index in [0.29, 0.717) is 66.6 Å². The van der Waals surface area contributed by atoms with Crippen molar-refractivity contribution in [3.63, 3.8) is 0 Å². The summed E-state index contributed by atoms with van der Waals surface area (Å²) >= 11 is 6.64. The number of ketones is 1. The van der Waals surface area contributed by atoms with Crippen molar-refractivity contribution in [1.29, 1.82) is 0 Å². The van der Waals surface area contributed by atoms with Gasteiger partial charge in [-0.1, -0.05) is 35.9 Å². The molecule has 3 aromatic rings. The molecule has 6 rings (SSSR count). The largest absolute Gasteiger partial charge is 0.481 e. The molecule has 10 nitrogen and oxygen atoms in total. The number of para-hydroxylation sites is 1. The lowest BCUT2D eigenvalue weighted by molar-refractivity contribution is -0.262. The molecule has 1 aromatic heterocycles. The van der Waals surface area contributed by atoms with Crippen LogP contribution in [0.3, 0.4) is 0 Å². The van der Waals surface area contributed by atoms with E-state index >= 15 is 0 Å². The minimum absolute atomic E-state index is 0.0793. The van der Waals surface area contributed by atoms with Gasteiger partial charge in [0.2, 0.25) is 5.85 Å². The number of hydrogen-bond donors (Lipinski definition) is 2. The summed E-state index contributed by atoms with van der Waals surface area (Å²) in [5.41, 5.74) is 1.87. The van der Waals surface area contributed by atoms with E-state index in [0.717, 1.165) is 12.8 Å². The Morgan fingerprint density at radius 3 is 2.27 bits per heavy atom. The number of amides is 1. The number of aliphatic carboxylic acids is 1. The Kier molecular flexibility index (Phi) is 10.7. The van der Waals surface area contributed by atoms with Crippen molar-refractivity contribution >= 4 is 45.9 Å². The average Bonchev–Trinajstić information content (AvgIpc) is 3.76. The van der Waals surface area contributed by atoms with Gasteiger partial charge < -0.3 is 19.6 Å². The summed E-state index contributed by atoms with van der Waals surface area (Å²) in [5.74, 6) is -3.54. The van der Waals surface area contributed by atoms with E-state index in [1.165, 1.54) is 11.2 Å². The van der Waals surface area contributed by atoms with Gasteiger partial charge in [-0.25, -0.2) is 0 Å². The van der Waals surface area contributed by atoms with Crippen molar-refractivity contribution in [3.05, 3.63) is 64.9 Å². The quantitative estimate of drug-likeness (QED) is 0.247. The highest BCUT2D eigenvalue weighted by atomic mass is 35.5. The van der Waals surface area contributed by atoms with Gasteiger partial charge in [0.1, 0.15) is 11.8 Å². The van der Waals surface area contributed by atoms with Crippen LogP contribution in [0.4, 0.5) is 18.9 Å². The number of carbonyl (C=O) groups excluding carboxylic acids is 2. The number of furan rings is 1. The van der Waals surface area contributed by atoms with Gasteiger partial charge in [0, 0.05) is 51.1 Å². The molecule has 1 atom stereocenters. The fourth-order valence-electron chi connectivity index (χ4n) is 7.32. The number of rotatable bonds is 11. The first kappa shape index (κ1) is 35.3. The number of anilines is 1. The molecule has 0 spiro atoms. The molecule has 1 amide bonds. The maximum Gasteiger partial charge on any atom is 0.401 e. The van der Waals surface area contributed by atoms with E-state index in [4.69, 9.17) is 20.8 Å². The van der Waals surface area contributed by atoms with Gasteiger partial charge in [-0.15, -0.1) is 0 Å². The Hall–Kier alpha value is -3.49. The normalized spacial score (nSPS) is 22.6. The predicted molar refractivity (Wildman–Crippen MR) is 176 cm³/mol. The van der Waals surface area contributed by atoms with Gasteiger partial charge in [-0.3, -0.25) is 29.1 Å². The van der Waals surface area contributed by atoms with Crippen LogP contribution < -0.4 is 5.32 Å². The molecule has 3 fully saturated rings. The first-order valence-corrected chi connectivity index (χ1v) is 17.1. The Morgan fingerprint density at radius 2 is 1.61 bits per heavy atom. The third-order valence-corrected chi connectivity index (χ3v) is 10.1. The maximum absolute atomic E-state index is 14.7. The summed E-state index contributed by atoms with van der Waals surface area (Å²) in [6.07, 6.45) is 0.00533. The fraction of sp³-hybridized carbons (Fsp3) is 0.514. The maximum atomic E-state index is 14.7. The van der Waals surface area contributed by atoms with E-state index in [9.17, 15) is 32.7 Å². The number of hydrogen-bond acceptors (Lipinski definition) is 8. The lowest BCUT2D eigenvalue weighted by Crippen LogP contribution is -2.71. The van der Waals surface area contributed by atoms with Gasteiger partial charge in [-0.05, 0) is 62.3 Å². The highest BCUT2D eigenvalue weighted by Crippen LogP contribution is 2.37. The van der Waals surface area contributed by atoms with Crippen molar-refractivity contribution < 1.29 is 41.8 Å². The highest BCUT2D eigenvalue weighted by molar-refractivity contribution is 6.34. The topological polar surface area (TPSA) is 116 Å². The molecular weight excluding hydrogens is 665 g/mol. The molecular formula is C35H40ClF3N4O6. The third kappa shape index (κ3) is 7.96. The first-order chi connectivity index (χ1) is 23.4. The van der Waals surface area contributed by atoms with Crippen molar-refractivity contribution in [3.8, 4) is 0 Å². The lowest BCUT2D eigenvalue weighted by Gasteiger charge is -2.52. The zero-order chi connectivity index (χ0) is 34.8. The summed E-state index contributed by atoms with van der Waals surface area (Å²) in [6, 6.07) is 12.1. The number of carboxylic acids is 1. The molecule has 2 aromatic carbocycles. The van der Waals surface area contributed by atoms with E-state index < -0.39 is 42.5 Å². The molecule has 1 saturated carbocycles. The zero-order valence-corrected chi connectivity index (χ0v) is 27.8. The monoisotopic (exact) mass is 704 g/mol. The van der Waals surface area contributed by atoms with Crippen LogP contribution in [0.1, 0.15) is 54.4 Å². The fourth-order valence-corrected chi connectivity index (χ4v) is 7.57. The Labute approximate surface area is 287 Å². The van der Waals surface area contributed by atoms with Crippen LogP contribution >= 0.6 is 11.6 Å². The molecule has 49 heavy (non-hydrogen) atoms. The second-order valence-electron chi connectivity index (χ2n) is 13.1. The number of ether oxygens (including phenoxy) is 1. The van der Waals surface area contributed by atoms with Crippen molar-refractivity contribution in [2.75, 3.05) is 51.1 Å². The predicted octanol–water partition coefficient (Wildman–Crippen LogP) is 6.04. The Balaban J connectivity index is 1.24. The number of carboxylic acid groups (broad SMARTS) is 1. The van der Waals surface area contributed by atoms with Gasteiger partial charge in [0.25, 0.3) is 5.91 Å². The molecule has 1 unspecified atom stereocenters. The smallest absolute Gasteiger partial charge is 0.401 e. The number of Topliss-reactive ketones (excluding diaryl/α,β-unsaturated/α-hetero) is 1. The van der Waals surface area contributed by atoms with E-state index in [-0.39, 0.29) is 43.4 Å². The third-order valence-electron chi connectivity index (χ3n) is 9.83. The molecule has 2 N–H and O–H groups in total. The highest BCUT2D eigenvalue weighted by Gasteiger charge is 2.53. The van der Waals surface area contributed by atoms with Gasteiger partial charge in [0.05, 0.1) is 34.8 Å². The summed E-state index contributed by atoms with van der Waals surface area (Å²) in [7, 11) is 0. The minimum atomic E-state index is -4.33. The Morgan fingerprint density at radius 1 is 0.939 bits per heavy atom. The molecule has 0 bridgehead atoms. The van der Waals surface area contributed by atoms with E-state index in [1.54, 1.807) is 30.3 Å². The van der Waals surface area contributed by atoms with Crippen molar-refractivity contribution in [1.82, 2.24) is 14.7 Å². The molecule has 1 aliphatic carbocycles. The number of likely N-dealkylation sites (tertiary alicyclic amines) is 1. The van der Waals surface area contributed by atoms with Crippen LogP contribution in [0.5, 0.6) is 0 Å². The van der Waals surface area contributed by atoms with Crippen molar-refractivity contribution in [2.45, 2.75) is 63.1 Å². The number of nitrogens with zero attached hydrogens (tertiary/aromatic N) is 3. The second kappa shape index (κ2) is 14.8. The van der Waals surface area contributed by atoms with Crippen molar-refractivity contribution in [2.24, 2.45) is 5.92 Å². The van der Waals surface area contributed by atoms with E-state index in [2.05, 4.69) is 5.32 Å². The average molecular weight is 705 g/mol. The van der Waals surface area contributed by atoms with Crippen LogP contribution in [0.25, 0.3) is 11.0 Å². The summed E-state index contributed by atoms with van der Waals surface area (Å²) < 4.78 is 52.0. The van der Waals surface area contributed by atoms with Crippen LogP contribution in [-0.4, -0.2) is 101 Å². The van der Waals surface area contributed by atoms with Gasteiger partial charge in [-0.2, -0.15) is 13.2 Å². The minimum Gasteiger partial charge on any atom is -0.481 e. The second-order valence-corrected chi connectivity index (χ2v) is 13.5. The molecule has 0 radical (unpaired) electrons. The van der Waals surface area contributed by atoms with Gasteiger partial charge in [0.15, 0.2) is 5.78 Å². The van der Waals surface area contributed by atoms with E-state index in [1.807, 2.05) is 21.9 Å². The van der Waals surface area contributed by atoms with Crippen LogP contribution in [0.15, 0.2) is 53.1 Å². The number of alkyl halides is 3. The number of benzene rings is 2. The first-order valence-electron chi connectivity index (χ1n) is 16.7. The number of piperazine rings is 1. The van der Waals surface area contributed by atoms with Gasteiger partial charge >= 0.3 is 12.1 Å². The summed E-state index contributed by atoms with van der Waals surface area (Å²) in [6.45, 7) is 0.742. The van der Waals surface area contributed by atoms with Crippen LogP contribution in [0, 0.1) is 5.92 Å². The summed E-state index contributed by atoms with van der Waals surface area (Å²) in [4.78, 5) is 44.7.